The van der Waals surface area contributed by atoms with Gasteiger partial charge in [0.1, 0.15) is 6.04 Å². The molecule has 5 heteroatoms. The fourth-order valence-electron chi connectivity index (χ4n) is 1.92. The molecule has 0 aliphatic heterocycles. The van der Waals surface area contributed by atoms with Gasteiger partial charge < -0.3 is 15.7 Å². The van der Waals surface area contributed by atoms with Crippen molar-refractivity contribution >= 4 is 11.9 Å². The average molecular weight is 264 g/mol. The lowest BCUT2D eigenvalue weighted by molar-refractivity contribution is -0.141. The number of carboxylic acids is 1. The van der Waals surface area contributed by atoms with E-state index in [9.17, 15) is 9.59 Å². The second-order valence-corrected chi connectivity index (χ2v) is 4.58. The van der Waals surface area contributed by atoms with Crippen LogP contribution in [0.2, 0.25) is 0 Å². The number of aliphatic carboxylic acids is 1. The van der Waals surface area contributed by atoms with Crippen molar-refractivity contribution < 1.29 is 14.7 Å². The Hall–Kier alpha value is -1.88. The lowest BCUT2D eigenvalue weighted by Crippen LogP contribution is -2.46. The van der Waals surface area contributed by atoms with Gasteiger partial charge in [-0.2, -0.15) is 0 Å². The Morgan fingerprint density at radius 2 is 1.95 bits per heavy atom. The molecule has 0 saturated carbocycles. The third-order valence-electron chi connectivity index (χ3n) is 2.96. The summed E-state index contributed by atoms with van der Waals surface area (Å²) in [6.45, 7) is 5.47. The van der Waals surface area contributed by atoms with Crippen molar-refractivity contribution in [1.82, 2.24) is 10.6 Å². The van der Waals surface area contributed by atoms with Gasteiger partial charge in [0.15, 0.2) is 0 Å². The number of rotatable bonds is 6. The monoisotopic (exact) mass is 264 g/mol. The van der Waals surface area contributed by atoms with E-state index in [1.54, 1.807) is 0 Å². The summed E-state index contributed by atoms with van der Waals surface area (Å²) in [6, 6.07) is 7.03. The van der Waals surface area contributed by atoms with Gasteiger partial charge in [-0.1, -0.05) is 24.3 Å². The predicted octanol–water partition coefficient (Wildman–Crippen LogP) is 1.23. The third kappa shape index (κ3) is 4.71. The van der Waals surface area contributed by atoms with Crippen LogP contribution in [0.5, 0.6) is 0 Å². The summed E-state index contributed by atoms with van der Waals surface area (Å²) >= 11 is 0. The zero-order chi connectivity index (χ0) is 14.4. The number of carbonyl (C=O) groups is 2. The second kappa shape index (κ2) is 6.89. The molecule has 1 rings (SSSR count). The minimum atomic E-state index is -1.04. The molecule has 19 heavy (non-hydrogen) atoms. The molecule has 0 bridgehead atoms. The maximum Gasteiger partial charge on any atom is 0.327 e. The molecule has 1 amide bonds. The SMILES string of the molecule is CC(=O)NC(CN[C@@H](C)c1ccccc1C)C(=O)O. The van der Waals surface area contributed by atoms with Crippen molar-refractivity contribution in [3.05, 3.63) is 35.4 Å². The van der Waals surface area contributed by atoms with Gasteiger partial charge in [0.2, 0.25) is 5.91 Å². The zero-order valence-corrected chi connectivity index (χ0v) is 11.4. The number of amides is 1. The molecule has 5 nitrogen and oxygen atoms in total. The molecule has 1 aromatic carbocycles. The lowest BCUT2D eigenvalue weighted by atomic mass is 10.0. The van der Waals surface area contributed by atoms with Crippen molar-refractivity contribution in [1.29, 1.82) is 0 Å². The van der Waals surface area contributed by atoms with E-state index in [0.717, 1.165) is 11.1 Å². The second-order valence-electron chi connectivity index (χ2n) is 4.58. The number of benzene rings is 1. The van der Waals surface area contributed by atoms with Gasteiger partial charge in [-0.3, -0.25) is 4.79 Å². The molecule has 1 unspecified atom stereocenters. The van der Waals surface area contributed by atoms with Gasteiger partial charge in [-0.15, -0.1) is 0 Å². The summed E-state index contributed by atoms with van der Waals surface area (Å²) in [5, 5.41) is 14.5. The van der Waals surface area contributed by atoms with Crippen LogP contribution in [0.25, 0.3) is 0 Å². The normalized spacial score (nSPS) is 13.6. The number of hydrogen-bond donors (Lipinski definition) is 3. The van der Waals surface area contributed by atoms with E-state index in [-0.39, 0.29) is 18.5 Å². The van der Waals surface area contributed by atoms with Crippen LogP contribution in [0.1, 0.15) is 31.0 Å². The number of carboxylic acid groups (broad SMARTS) is 1. The van der Waals surface area contributed by atoms with Crippen molar-refractivity contribution in [3.8, 4) is 0 Å². The van der Waals surface area contributed by atoms with Gasteiger partial charge in [0.05, 0.1) is 0 Å². The van der Waals surface area contributed by atoms with E-state index in [1.807, 2.05) is 38.1 Å². The fourth-order valence-corrected chi connectivity index (χ4v) is 1.92. The van der Waals surface area contributed by atoms with Crippen LogP contribution in [0.4, 0.5) is 0 Å². The summed E-state index contributed by atoms with van der Waals surface area (Å²) in [4.78, 5) is 21.9. The van der Waals surface area contributed by atoms with Crippen LogP contribution < -0.4 is 10.6 Å². The Morgan fingerprint density at radius 1 is 1.32 bits per heavy atom. The number of aryl methyl sites for hydroxylation is 1. The van der Waals surface area contributed by atoms with Crippen molar-refractivity contribution in [3.63, 3.8) is 0 Å². The van der Waals surface area contributed by atoms with E-state index in [1.165, 1.54) is 6.92 Å². The van der Waals surface area contributed by atoms with Crippen LogP contribution >= 0.6 is 0 Å². The van der Waals surface area contributed by atoms with Crippen LogP contribution in [0, 0.1) is 6.92 Å². The van der Waals surface area contributed by atoms with E-state index in [2.05, 4.69) is 10.6 Å². The molecule has 0 aromatic heterocycles. The van der Waals surface area contributed by atoms with Crippen LogP contribution in [0.3, 0.4) is 0 Å². The molecule has 0 spiro atoms. The first-order chi connectivity index (χ1) is 8.91. The van der Waals surface area contributed by atoms with Crippen LogP contribution in [0.15, 0.2) is 24.3 Å². The maximum atomic E-state index is 11.0. The Balaban J connectivity index is 2.62. The van der Waals surface area contributed by atoms with Gasteiger partial charge in [0, 0.05) is 19.5 Å². The van der Waals surface area contributed by atoms with E-state index < -0.39 is 12.0 Å². The van der Waals surface area contributed by atoms with E-state index in [0.29, 0.717) is 0 Å². The molecule has 104 valence electrons. The Labute approximate surface area is 113 Å². The average Bonchev–Trinajstić information content (AvgIpc) is 2.34. The molecule has 0 fully saturated rings. The molecular weight excluding hydrogens is 244 g/mol. The summed E-state index contributed by atoms with van der Waals surface area (Å²) < 4.78 is 0. The lowest BCUT2D eigenvalue weighted by Gasteiger charge is -2.20. The first kappa shape index (κ1) is 15.2. The molecule has 2 atom stereocenters. The zero-order valence-electron chi connectivity index (χ0n) is 11.4. The fraction of sp³-hybridized carbons (Fsp3) is 0.429. The molecule has 0 saturated heterocycles. The van der Waals surface area contributed by atoms with E-state index >= 15 is 0 Å². The molecule has 0 aliphatic rings. The number of hydrogen-bond acceptors (Lipinski definition) is 3. The highest BCUT2D eigenvalue weighted by Crippen LogP contribution is 2.16. The number of carbonyl (C=O) groups excluding carboxylic acids is 1. The molecule has 0 radical (unpaired) electrons. The quantitative estimate of drug-likeness (QED) is 0.722. The molecule has 0 aliphatic carbocycles. The van der Waals surface area contributed by atoms with Crippen LogP contribution in [-0.4, -0.2) is 29.6 Å². The van der Waals surface area contributed by atoms with Crippen molar-refractivity contribution in [2.45, 2.75) is 32.9 Å². The summed E-state index contributed by atoms with van der Waals surface area (Å²) in [7, 11) is 0. The van der Waals surface area contributed by atoms with Gasteiger partial charge in [-0.25, -0.2) is 4.79 Å². The minimum Gasteiger partial charge on any atom is -0.480 e. The predicted molar refractivity (Wildman–Crippen MR) is 72.8 cm³/mol. The van der Waals surface area contributed by atoms with Gasteiger partial charge >= 0.3 is 5.97 Å². The minimum absolute atomic E-state index is 0.0248. The topological polar surface area (TPSA) is 78.4 Å². The largest absolute Gasteiger partial charge is 0.480 e. The van der Waals surface area contributed by atoms with Gasteiger partial charge in [-0.05, 0) is 25.0 Å². The molecule has 1 aromatic rings. The summed E-state index contributed by atoms with van der Waals surface area (Å²) in [5.74, 6) is -1.39. The summed E-state index contributed by atoms with van der Waals surface area (Å²) in [6.07, 6.45) is 0. The van der Waals surface area contributed by atoms with Crippen molar-refractivity contribution in [2.75, 3.05) is 6.54 Å². The molecular formula is C14H20N2O3. The van der Waals surface area contributed by atoms with Crippen LogP contribution in [-0.2, 0) is 9.59 Å². The molecule has 0 heterocycles. The van der Waals surface area contributed by atoms with Gasteiger partial charge in [0.25, 0.3) is 0 Å². The van der Waals surface area contributed by atoms with Crippen molar-refractivity contribution in [2.24, 2.45) is 0 Å². The maximum absolute atomic E-state index is 11.0. The highest BCUT2D eigenvalue weighted by atomic mass is 16.4. The highest BCUT2D eigenvalue weighted by molar-refractivity contribution is 5.82. The third-order valence-corrected chi connectivity index (χ3v) is 2.96. The Bertz CT molecular complexity index is 460. The standard InChI is InChI=1S/C14H20N2O3/c1-9-6-4-5-7-12(9)10(2)15-8-13(14(18)19)16-11(3)17/h4-7,10,13,15H,8H2,1-3H3,(H,16,17)(H,18,19)/t10-,13?/m0/s1. The Kier molecular flexibility index (Phi) is 5.51. The number of nitrogens with one attached hydrogen (secondary N) is 2. The Morgan fingerprint density at radius 3 is 2.47 bits per heavy atom. The summed E-state index contributed by atoms with van der Waals surface area (Å²) in [5.41, 5.74) is 2.27. The highest BCUT2D eigenvalue weighted by Gasteiger charge is 2.19. The van der Waals surface area contributed by atoms with E-state index in [4.69, 9.17) is 5.11 Å². The molecule has 3 N–H and O–H groups in total. The first-order valence-electron chi connectivity index (χ1n) is 6.20. The smallest absolute Gasteiger partial charge is 0.327 e. The first-order valence-corrected chi connectivity index (χ1v) is 6.20.